The Bertz CT molecular complexity index is 1050. The fraction of sp³-hybridized carbons (Fsp3) is 0.458. The molecule has 0 aliphatic carbocycles. The number of benzene rings is 1. The molecular weight excluding hydrogens is 410 g/mol. The summed E-state index contributed by atoms with van der Waals surface area (Å²) in [6.07, 6.45) is 1.52. The number of amides is 2. The second kappa shape index (κ2) is 9.56. The Morgan fingerprint density at radius 3 is 2.56 bits per heavy atom. The van der Waals surface area contributed by atoms with E-state index in [9.17, 15) is 14.4 Å². The Balaban J connectivity index is 1.46. The summed E-state index contributed by atoms with van der Waals surface area (Å²) in [5, 5.41) is 2.77. The molecule has 1 fully saturated rings. The van der Waals surface area contributed by atoms with Crippen LogP contribution in [-0.2, 0) is 27.3 Å². The Morgan fingerprint density at radius 2 is 1.84 bits per heavy atom. The van der Waals surface area contributed by atoms with Gasteiger partial charge in [0.25, 0.3) is 5.56 Å². The molecule has 0 unspecified atom stereocenters. The monoisotopic (exact) mass is 439 g/mol. The van der Waals surface area contributed by atoms with E-state index >= 15 is 0 Å². The largest absolute Gasteiger partial charge is 0.497 e. The predicted molar refractivity (Wildman–Crippen MR) is 120 cm³/mol. The van der Waals surface area contributed by atoms with E-state index < -0.39 is 0 Å². The molecule has 1 aromatic carbocycles. The first kappa shape index (κ1) is 22.1. The van der Waals surface area contributed by atoms with Gasteiger partial charge in [-0.2, -0.15) is 0 Å². The zero-order chi connectivity index (χ0) is 22.7. The standard InChI is InChI=1S/C24H29N3O5/c1-31-10-9-23(29)26-13-17-11-18(15-26)21-8-7-20(24(30)27(21)14-17)25-22(28)12-16-3-5-19(32-2)6-4-16/h3-8,17-18H,9-15H2,1-2H3,(H,25,28)/t17-,18+/m1/s1. The molecule has 3 heterocycles. The lowest BCUT2D eigenvalue weighted by Crippen LogP contribution is -2.49. The van der Waals surface area contributed by atoms with Crippen molar-refractivity contribution in [1.29, 1.82) is 0 Å². The van der Waals surface area contributed by atoms with Crippen LogP contribution in [0.3, 0.4) is 0 Å². The molecule has 2 aromatic rings. The SMILES string of the molecule is COCCC(=O)N1C[C@H]2C[C@@H](C1)c1ccc(NC(=O)Cc3ccc(OC)cc3)c(=O)n1C2. The molecule has 4 rings (SSSR count). The summed E-state index contributed by atoms with van der Waals surface area (Å²) in [7, 11) is 3.18. The van der Waals surface area contributed by atoms with E-state index in [1.165, 1.54) is 0 Å². The molecule has 8 nitrogen and oxygen atoms in total. The van der Waals surface area contributed by atoms with Crippen LogP contribution >= 0.6 is 0 Å². The molecule has 0 radical (unpaired) electrons. The third kappa shape index (κ3) is 4.70. The van der Waals surface area contributed by atoms with Gasteiger partial charge in [-0.15, -0.1) is 0 Å². The van der Waals surface area contributed by atoms with Crippen LogP contribution in [-0.4, -0.2) is 55.2 Å². The summed E-state index contributed by atoms with van der Waals surface area (Å²) in [5.41, 5.74) is 1.89. The summed E-state index contributed by atoms with van der Waals surface area (Å²) in [6, 6.07) is 10.9. The number of ether oxygens (including phenoxy) is 2. The van der Waals surface area contributed by atoms with Crippen LogP contribution in [0.1, 0.15) is 30.0 Å². The molecule has 2 aliphatic heterocycles. The summed E-state index contributed by atoms with van der Waals surface area (Å²) >= 11 is 0. The number of fused-ring (bicyclic) bond motifs is 4. The number of pyridine rings is 1. The van der Waals surface area contributed by atoms with E-state index in [2.05, 4.69) is 5.32 Å². The molecule has 0 saturated carbocycles. The van der Waals surface area contributed by atoms with E-state index in [4.69, 9.17) is 9.47 Å². The van der Waals surface area contributed by atoms with Gasteiger partial charge in [0.1, 0.15) is 11.4 Å². The lowest BCUT2D eigenvalue weighted by Gasteiger charge is -2.43. The van der Waals surface area contributed by atoms with E-state index in [-0.39, 0.29) is 35.6 Å². The fourth-order valence-corrected chi connectivity index (χ4v) is 4.72. The zero-order valence-corrected chi connectivity index (χ0v) is 18.5. The number of nitrogens with one attached hydrogen (secondary N) is 1. The highest BCUT2D eigenvalue weighted by Gasteiger charge is 2.36. The van der Waals surface area contributed by atoms with E-state index in [1.54, 1.807) is 37.0 Å². The minimum Gasteiger partial charge on any atom is -0.497 e. The highest BCUT2D eigenvalue weighted by atomic mass is 16.5. The number of likely N-dealkylation sites (tertiary alicyclic amines) is 1. The predicted octanol–water partition coefficient (Wildman–Crippen LogP) is 2.02. The number of aromatic nitrogens is 1. The Labute approximate surface area is 187 Å². The molecule has 2 atom stereocenters. The topological polar surface area (TPSA) is 89.9 Å². The summed E-state index contributed by atoms with van der Waals surface area (Å²) in [5.74, 6) is 0.950. The molecule has 1 N–H and O–H groups in total. The van der Waals surface area contributed by atoms with Crippen LogP contribution in [0.4, 0.5) is 5.69 Å². The van der Waals surface area contributed by atoms with Crippen LogP contribution < -0.4 is 15.6 Å². The van der Waals surface area contributed by atoms with Gasteiger partial charge in [0.05, 0.1) is 26.6 Å². The second-order valence-electron chi connectivity index (χ2n) is 8.50. The number of carbonyl (C=O) groups excluding carboxylic acids is 2. The van der Waals surface area contributed by atoms with Crippen molar-refractivity contribution in [1.82, 2.24) is 9.47 Å². The summed E-state index contributed by atoms with van der Waals surface area (Å²) < 4.78 is 11.9. The van der Waals surface area contributed by atoms with Crippen LogP contribution in [0.15, 0.2) is 41.2 Å². The van der Waals surface area contributed by atoms with Gasteiger partial charge in [-0.1, -0.05) is 12.1 Å². The van der Waals surface area contributed by atoms with E-state index in [0.717, 1.165) is 23.4 Å². The number of nitrogens with zero attached hydrogens (tertiary/aromatic N) is 2. The van der Waals surface area contributed by atoms with Crippen molar-refractivity contribution >= 4 is 17.5 Å². The lowest BCUT2D eigenvalue weighted by atomic mass is 9.83. The number of carbonyl (C=O) groups is 2. The molecule has 32 heavy (non-hydrogen) atoms. The lowest BCUT2D eigenvalue weighted by molar-refractivity contribution is -0.134. The number of anilines is 1. The maximum Gasteiger partial charge on any atom is 0.274 e. The second-order valence-corrected chi connectivity index (χ2v) is 8.50. The minimum absolute atomic E-state index is 0.0970. The molecule has 2 bridgehead atoms. The molecular formula is C24H29N3O5. The van der Waals surface area contributed by atoms with Gasteiger partial charge in [0.15, 0.2) is 0 Å². The van der Waals surface area contributed by atoms with Crippen molar-refractivity contribution in [3.63, 3.8) is 0 Å². The molecule has 1 aromatic heterocycles. The van der Waals surface area contributed by atoms with Gasteiger partial charge in [0.2, 0.25) is 11.8 Å². The average Bonchev–Trinajstić information content (AvgIpc) is 2.80. The summed E-state index contributed by atoms with van der Waals surface area (Å²) in [4.78, 5) is 40.0. The van der Waals surface area contributed by atoms with Gasteiger partial charge in [0, 0.05) is 38.4 Å². The maximum absolute atomic E-state index is 13.1. The van der Waals surface area contributed by atoms with Crippen molar-refractivity contribution in [3.8, 4) is 5.75 Å². The molecule has 0 spiro atoms. The first-order valence-electron chi connectivity index (χ1n) is 10.9. The fourth-order valence-electron chi connectivity index (χ4n) is 4.72. The van der Waals surface area contributed by atoms with Gasteiger partial charge in [-0.05, 0) is 42.2 Å². The van der Waals surface area contributed by atoms with Crippen molar-refractivity contribution < 1.29 is 19.1 Å². The van der Waals surface area contributed by atoms with Gasteiger partial charge in [-0.25, -0.2) is 0 Å². The van der Waals surface area contributed by atoms with Gasteiger partial charge in [-0.3, -0.25) is 14.4 Å². The molecule has 8 heteroatoms. The Morgan fingerprint density at radius 1 is 1.06 bits per heavy atom. The van der Waals surface area contributed by atoms with E-state index in [1.807, 2.05) is 23.1 Å². The highest BCUT2D eigenvalue weighted by molar-refractivity contribution is 5.92. The van der Waals surface area contributed by atoms with Gasteiger partial charge < -0.3 is 24.3 Å². The van der Waals surface area contributed by atoms with Crippen molar-refractivity contribution in [2.75, 3.05) is 39.2 Å². The number of rotatable bonds is 7. The quantitative estimate of drug-likeness (QED) is 0.713. The first-order valence-corrected chi connectivity index (χ1v) is 10.9. The van der Waals surface area contributed by atoms with Crippen molar-refractivity contribution in [2.24, 2.45) is 5.92 Å². The van der Waals surface area contributed by atoms with Crippen LogP contribution in [0.2, 0.25) is 0 Å². The van der Waals surface area contributed by atoms with Crippen molar-refractivity contribution in [3.05, 3.63) is 58.0 Å². The number of hydrogen-bond acceptors (Lipinski definition) is 5. The summed E-state index contributed by atoms with van der Waals surface area (Å²) in [6.45, 7) is 2.24. The maximum atomic E-state index is 13.1. The molecule has 170 valence electrons. The van der Waals surface area contributed by atoms with E-state index in [0.29, 0.717) is 38.3 Å². The molecule has 2 aliphatic rings. The van der Waals surface area contributed by atoms with Crippen molar-refractivity contribution in [2.45, 2.75) is 31.7 Å². The van der Waals surface area contributed by atoms with Crippen LogP contribution in [0.5, 0.6) is 5.75 Å². The molecule has 1 saturated heterocycles. The number of methoxy groups -OCH3 is 2. The third-order valence-corrected chi connectivity index (χ3v) is 6.27. The normalized spacial score (nSPS) is 19.2. The number of hydrogen-bond donors (Lipinski definition) is 1. The zero-order valence-electron chi connectivity index (χ0n) is 18.5. The number of piperidine rings is 1. The van der Waals surface area contributed by atoms with Crippen LogP contribution in [0, 0.1) is 5.92 Å². The first-order chi connectivity index (χ1) is 15.5. The minimum atomic E-state index is -0.237. The third-order valence-electron chi connectivity index (χ3n) is 6.27. The Hall–Kier alpha value is -3.13. The average molecular weight is 440 g/mol. The van der Waals surface area contributed by atoms with Crippen LogP contribution in [0.25, 0.3) is 0 Å². The molecule has 2 amide bonds. The van der Waals surface area contributed by atoms with Gasteiger partial charge >= 0.3 is 0 Å². The smallest absolute Gasteiger partial charge is 0.274 e. The Kier molecular flexibility index (Phi) is 6.60. The highest BCUT2D eigenvalue weighted by Crippen LogP contribution is 2.35.